The maximum Gasteiger partial charge on any atom is 0.224 e. The summed E-state index contributed by atoms with van der Waals surface area (Å²) >= 11 is 0. The number of hydrogen-bond acceptors (Lipinski definition) is 5. The summed E-state index contributed by atoms with van der Waals surface area (Å²) in [6, 6.07) is 2.92. The number of carbonyl (C=O) groups is 2. The summed E-state index contributed by atoms with van der Waals surface area (Å²) in [5.74, 6) is -0.723. The Balaban J connectivity index is 1.91. The highest BCUT2D eigenvalue weighted by Crippen LogP contribution is 2.40. The molecule has 1 aromatic rings. The Morgan fingerprint density at radius 2 is 1.08 bits per heavy atom. The first-order chi connectivity index (χ1) is 23.4. The van der Waals surface area contributed by atoms with Crippen LogP contribution in [0.5, 0.6) is 11.5 Å². The summed E-state index contributed by atoms with van der Waals surface area (Å²) in [4.78, 5) is 27.0. The minimum atomic E-state index is -0.321. The molecule has 2 rings (SSSR count). The van der Waals surface area contributed by atoms with E-state index >= 15 is 0 Å². The monoisotopic (exact) mass is 665 g/mol. The minimum absolute atomic E-state index is 0.0312. The molecule has 0 spiro atoms. The zero-order chi connectivity index (χ0) is 34.8. The van der Waals surface area contributed by atoms with E-state index in [2.05, 4.69) is 26.0 Å². The van der Waals surface area contributed by atoms with Crippen molar-refractivity contribution in [1.82, 2.24) is 0 Å². The normalized spacial score (nSPS) is 13.6. The van der Waals surface area contributed by atoms with Crippen molar-refractivity contribution in [3.8, 4) is 11.5 Å². The van der Waals surface area contributed by atoms with Gasteiger partial charge in [-0.3, -0.25) is 9.59 Å². The van der Waals surface area contributed by atoms with Gasteiger partial charge in [0, 0.05) is 28.9 Å². The Hall–Kier alpha value is -2.82. The van der Waals surface area contributed by atoms with E-state index in [0.29, 0.717) is 24.0 Å². The second kappa shape index (κ2) is 26.1. The SMILES string of the molecule is CCCC/C=C\CCCCCCCCCc1cc(O)cc(O)c1C1=C(CCCCCCCCCCCCCCC)C(=O)C(OC)=CC1=O. The highest BCUT2D eigenvalue weighted by atomic mass is 16.5. The predicted octanol–water partition coefficient (Wildman–Crippen LogP) is 12.4. The molecule has 0 bridgehead atoms. The molecule has 1 aliphatic carbocycles. The average Bonchev–Trinajstić information content (AvgIpc) is 3.07. The van der Waals surface area contributed by atoms with Gasteiger partial charge in [0.15, 0.2) is 11.5 Å². The van der Waals surface area contributed by atoms with Crippen molar-refractivity contribution in [3.05, 3.63) is 52.8 Å². The van der Waals surface area contributed by atoms with Crippen LogP contribution in [-0.4, -0.2) is 28.9 Å². The fourth-order valence-corrected chi connectivity index (χ4v) is 6.83. The van der Waals surface area contributed by atoms with E-state index in [0.717, 1.165) is 44.1 Å². The van der Waals surface area contributed by atoms with Gasteiger partial charge in [-0.1, -0.05) is 148 Å². The van der Waals surface area contributed by atoms with Crippen LogP contribution in [0.15, 0.2) is 41.7 Å². The third-order valence-corrected chi connectivity index (χ3v) is 9.70. The molecule has 0 unspecified atom stereocenters. The van der Waals surface area contributed by atoms with Gasteiger partial charge in [0.1, 0.15) is 11.5 Å². The lowest BCUT2D eigenvalue weighted by Crippen LogP contribution is -2.20. The summed E-state index contributed by atoms with van der Waals surface area (Å²) in [5, 5.41) is 21.4. The molecular weight excluding hydrogens is 596 g/mol. The van der Waals surface area contributed by atoms with Gasteiger partial charge in [0.2, 0.25) is 5.78 Å². The molecule has 0 fully saturated rings. The lowest BCUT2D eigenvalue weighted by atomic mass is 9.82. The van der Waals surface area contributed by atoms with Crippen molar-refractivity contribution in [2.45, 2.75) is 181 Å². The van der Waals surface area contributed by atoms with E-state index in [9.17, 15) is 19.8 Å². The molecule has 1 aliphatic rings. The molecule has 2 N–H and O–H groups in total. The average molecular weight is 665 g/mol. The number of phenols is 2. The van der Waals surface area contributed by atoms with Crippen molar-refractivity contribution < 1.29 is 24.5 Å². The molecule has 0 atom stereocenters. The summed E-state index contributed by atoms with van der Waals surface area (Å²) in [6.45, 7) is 4.48. The van der Waals surface area contributed by atoms with Gasteiger partial charge in [-0.15, -0.1) is 0 Å². The number of allylic oxidation sites excluding steroid dienone is 5. The van der Waals surface area contributed by atoms with E-state index in [1.807, 2.05) is 0 Å². The third kappa shape index (κ3) is 16.1. The third-order valence-electron chi connectivity index (χ3n) is 9.70. The molecule has 5 nitrogen and oxygen atoms in total. The van der Waals surface area contributed by atoms with E-state index in [1.54, 1.807) is 6.07 Å². The Bertz CT molecular complexity index is 1160. The van der Waals surface area contributed by atoms with Crippen LogP contribution in [0.25, 0.3) is 5.57 Å². The molecule has 0 aliphatic heterocycles. The molecule has 0 heterocycles. The number of methoxy groups -OCH3 is 1. The maximum absolute atomic E-state index is 13.5. The lowest BCUT2D eigenvalue weighted by Gasteiger charge is -2.22. The van der Waals surface area contributed by atoms with Gasteiger partial charge in [-0.2, -0.15) is 0 Å². The number of Topliss-reactive ketones (excluding diaryl/α,β-unsaturated/α-hetero) is 1. The Kier molecular flexibility index (Phi) is 22.5. The molecule has 0 amide bonds. The number of aromatic hydroxyl groups is 2. The molecule has 1 aromatic carbocycles. The minimum Gasteiger partial charge on any atom is -0.508 e. The van der Waals surface area contributed by atoms with Gasteiger partial charge in [-0.25, -0.2) is 0 Å². The number of carbonyl (C=O) groups excluding carboxylic acids is 2. The van der Waals surface area contributed by atoms with E-state index in [4.69, 9.17) is 4.74 Å². The van der Waals surface area contributed by atoms with E-state index in [1.165, 1.54) is 135 Å². The number of phenolic OH excluding ortho intramolecular Hbond substituents is 2. The van der Waals surface area contributed by atoms with Gasteiger partial charge in [-0.05, 0) is 56.6 Å². The largest absolute Gasteiger partial charge is 0.508 e. The van der Waals surface area contributed by atoms with Crippen LogP contribution < -0.4 is 0 Å². The Morgan fingerprint density at radius 3 is 1.62 bits per heavy atom. The number of ether oxygens (including phenoxy) is 1. The molecule has 0 aromatic heterocycles. The molecule has 5 heteroatoms. The fourth-order valence-electron chi connectivity index (χ4n) is 6.83. The molecule has 48 heavy (non-hydrogen) atoms. The van der Waals surface area contributed by atoms with Crippen LogP contribution in [0.3, 0.4) is 0 Å². The number of rotatable bonds is 29. The first kappa shape index (κ1) is 41.4. The quantitative estimate of drug-likeness (QED) is 0.0506. The standard InChI is InChI=1S/C43H68O5/c1-4-6-8-10-12-14-16-18-20-22-24-26-28-30-35-32-36(44)33-38(45)41(35)42-37(43(47)40(48-3)34-39(42)46)31-29-27-25-23-21-19-17-15-13-11-9-7-5-2/h10,12,32-34,44-45H,4-9,11,13-31H2,1-3H3/b12-10-. The smallest absolute Gasteiger partial charge is 0.224 e. The van der Waals surface area contributed by atoms with Crippen molar-refractivity contribution in [2.75, 3.05) is 7.11 Å². The molecule has 0 saturated carbocycles. The maximum atomic E-state index is 13.5. The summed E-state index contributed by atoms with van der Waals surface area (Å²) < 4.78 is 5.29. The van der Waals surface area contributed by atoms with Crippen molar-refractivity contribution >= 4 is 17.1 Å². The van der Waals surface area contributed by atoms with Gasteiger partial charge < -0.3 is 14.9 Å². The second-order valence-corrected chi connectivity index (χ2v) is 13.9. The highest BCUT2D eigenvalue weighted by Gasteiger charge is 2.32. The van der Waals surface area contributed by atoms with Crippen molar-refractivity contribution in [1.29, 1.82) is 0 Å². The van der Waals surface area contributed by atoms with Gasteiger partial charge in [0.25, 0.3) is 0 Å². The number of aryl methyl sites for hydroxylation is 1. The van der Waals surface area contributed by atoms with Crippen LogP contribution >= 0.6 is 0 Å². The van der Waals surface area contributed by atoms with Crippen LogP contribution in [0, 0.1) is 0 Å². The Morgan fingerprint density at radius 1 is 0.604 bits per heavy atom. The highest BCUT2D eigenvalue weighted by molar-refractivity contribution is 6.37. The number of ketones is 2. The van der Waals surface area contributed by atoms with E-state index in [-0.39, 0.29) is 34.4 Å². The topological polar surface area (TPSA) is 83.8 Å². The molecular formula is C43H68O5. The van der Waals surface area contributed by atoms with Crippen molar-refractivity contribution in [2.24, 2.45) is 0 Å². The van der Waals surface area contributed by atoms with Crippen molar-refractivity contribution in [3.63, 3.8) is 0 Å². The fraction of sp³-hybridized carbons (Fsp3) is 0.674. The van der Waals surface area contributed by atoms with Crippen LogP contribution in [0.4, 0.5) is 0 Å². The molecule has 0 saturated heterocycles. The van der Waals surface area contributed by atoms with E-state index < -0.39 is 0 Å². The van der Waals surface area contributed by atoms with Crippen LogP contribution in [0.2, 0.25) is 0 Å². The van der Waals surface area contributed by atoms with Crippen LogP contribution in [0.1, 0.15) is 185 Å². The summed E-state index contributed by atoms with van der Waals surface area (Å²) in [6.07, 6.45) is 35.9. The number of hydrogen-bond donors (Lipinski definition) is 2. The second-order valence-electron chi connectivity index (χ2n) is 13.9. The first-order valence-electron chi connectivity index (χ1n) is 19.7. The predicted molar refractivity (Wildman–Crippen MR) is 201 cm³/mol. The van der Waals surface area contributed by atoms with Gasteiger partial charge in [0.05, 0.1) is 7.11 Å². The first-order valence-corrected chi connectivity index (χ1v) is 19.7. The summed E-state index contributed by atoms with van der Waals surface area (Å²) in [5.41, 5.74) is 1.81. The molecule has 270 valence electrons. The number of benzene rings is 1. The van der Waals surface area contributed by atoms with Crippen LogP contribution in [-0.2, 0) is 20.7 Å². The Labute approximate surface area is 293 Å². The van der Waals surface area contributed by atoms with Gasteiger partial charge >= 0.3 is 0 Å². The zero-order valence-corrected chi connectivity index (χ0v) is 30.9. The zero-order valence-electron chi connectivity index (χ0n) is 30.9. The summed E-state index contributed by atoms with van der Waals surface area (Å²) in [7, 11) is 1.42. The molecule has 0 radical (unpaired) electrons. The number of unbranched alkanes of at least 4 members (excludes halogenated alkanes) is 21. The lowest BCUT2D eigenvalue weighted by molar-refractivity contribution is -0.117.